The summed E-state index contributed by atoms with van der Waals surface area (Å²) in [5.41, 5.74) is 3.64. The molecular weight excluding hydrogens is 494 g/mol. The van der Waals surface area contributed by atoms with Crippen molar-refractivity contribution in [1.82, 2.24) is 0 Å². The van der Waals surface area contributed by atoms with Crippen LogP contribution in [0.25, 0.3) is 21.9 Å². The van der Waals surface area contributed by atoms with Gasteiger partial charge in [-0.05, 0) is 70.7 Å². The summed E-state index contributed by atoms with van der Waals surface area (Å²) >= 11 is 0. The standard InChI is InChI=1S/C29H24F6O2/c1-36-13-12-18-2-5-20(6-3-18)22-10-11-24-23(16-22)9-8-21(27(24)32)7-4-19-14-25(30)28(26(31)15-19)37-17-29(33,34)35/h2-3,5-6,8-11,14-16H,4,7,12-13,17H2,1H3. The predicted octanol–water partition coefficient (Wildman–Crippen LogP) is 7.84. The number of benzene rings is 4. The second kappa shape index (κ2) is 11.3. The molecule has 0 saturated heterocycles. The van der Waals surface area contributed by atoms with Crippen LogP contribution in [0.15, 0.2) is 66.7 Å². The molecule has 0 radical (unpaired) electrons. The number of rotatable bonds is 9. The summed E-state index contributed by atoms with van der Waals surface area (Å²) in [6.45, 7) is -1.16. The van der Waals surface area contributed by atoms with Crippen LogP contribution >= 0.6 is 0 Å². The molecule has 2 nitrogen and oxygen atoms in total. The minimum absolute atomic E-state index is 0.0866. The Bertz CT molecular complexity index is 1360. The van der Waals surface area contributed by atoms with E-state index in [1.165, 1.54) is 0 Å². The van der Waals surface area contributed by atoms with E-state index in [9.17, 15) is 22.0 Å². The Morgan fingerprint density at radius 1 is 0.703 bits per heavy atom. The maximum Gasteiger partial charge on any atom is 0.422 e. The number of methoxy groups -OCH3 is 1. The molecule has 0 aliphatic heterocycles. The van der Waals surface area contributed by atoms with E-state index in [0.29, 0.717) is 22.9 Å². The van der Waals surface area contributed by atoms with Crippen molar-refractivity contribution < 1.29 is 35.8 Å². The number of ether oxygens (including phenoxy) is 2. The molecule has 0 spiro atoms. The third-order valence-corrected chi connectivity index (χ3v) is 6.04. The quantitative estimate of drug-likeness (QED) is 0.210. The number of hydrogen-bond donors (Lipinski definition) is 0. The van der Waals surface area contributed by atoms with Gasteiger partial charge in [-0.25, -0.2) is 13.2 Å². The number of aryl methyl sites for hydroxylation is 2. The maximum atomic E-state index is 15.2. The Morgan fingerprint density at radius 2 is 1.38 bits per heavy atom. The number of hydrogen-bond acceptors (Lipinski definition) is 2. The smallest absolute Gasteiger partial charge is 0.422 e. The minimum atomic E-state index is -4.72. The molecule has 0 heterocycles. The second-order valence-electron chi connectivity index (χ2n) is 8.71. The molecule has 4 aromatic carbocycles. The van der Waals surface area contributed by atoms with Crippen molar-refractivity contribution in [2.45, 2.75) is 25.4 Å². The van der Waals surface area contributed by atoms with E-state index >= 15 is 4.39 Å². The zero-order chi connectivity index (χ0) is 26.6. The zero-order valence-electron chi connectivity index (χ0n) is 20.0. The van der Waals surface area contributed by atoms with Gasteiger partial charge in [-0.3, -0.25) is 0 Å². The zero-order valence-corrected chi connectivity index (χ0v) is 20.0. The molecule has 0 aromatic heterocycles. The van der Waals surface area contributed by atoms with E-state index < -0.39 is 36.0 Å². The Hall–Kier alpha value is -3.52. The van der Waals surface area contributed by atoms with Crippen molar-refractivity contribution in [2.75, 3.05) is 20.3 Å². The summed E-state index contributed by atoms with van der Waals surface area (Å²) < 4.78 is 89.7. The van der Waals surface area contributed by atoms with Crippen LogP contribution in [-0.4, -0.2) is 26.5 Å². The molecule has 0 saturated carbocycles. The monoisotopic (exact) mass is 518 g/mol. The Balaban J connectivity index is 1.48. The predicted molar refractivity (Wildman–Crippen MR) is 130 cm³/mol. The van der Waals surface area contributed by atoms with E-state index in [2.05, 4.69) is 4.74 Å². The number of halogens is 6. The van der Waals surface area contributed by atoms with Gasteiger partial charge >= 0.3 is 6.18 Å². The fourth-order valence-corrected chi connectivity index (χ4v) is 4.12. The average Bonchev–Trinajstić information content (AvgIpc) is 2.86. The molecule has 0 amide bonds. The first-order valence-corrected chi connectivity index (χ1v) is 11.6. The highest BCUT2D eigenvalue weighted by atomic mass is 19.4. The molecule has 4 aromatic rings. The fourth-order valence-electron chi connectivity index (χ4n) is 4.12. The van der Waals surface area contributed by atoms with Crippen molar-refractivity contribution in [3.63, 3.8) is 0 Å². The summed E-state index contributed by atoms with van der Waals surface area (Å²) in [5.74, 6) is -3.99. The van der Waals surface area contributed by atoms with E-state index in [4.69, 9.17) is 4.74 Å². The van der Waals surface area contributed by atoms with Crippen LogP contribution in [-0.2, 0) is 24.0 Å². The molecule has 0 aliphatic rings. The van der Waals surface area contributed by atoms with Gasteiger partial charge < -0.3 is 9.47 Å². The van der Waals surface area contributed by atoms with Gasteiger partial charge in [0.2, 0.25) is 0 Å². The summed E-state index contributed by atoms with van der Waals surface area (Å²) in [6, 6.07) is 18.7. The van der Waals surface area contributed by atoms with Crippen molar-refractivity contribution in [2.24, 2.45) is 0 Å². The third kappa shape index (κ3) is 6.63. The Kier molecular flexibility index (Phi) is 8.07. The van der Waals surface area contributed by atoms with Gasteiger partial charge in [0.05, 0.1) is 6.61 Å². The van der Waals surface area contributed by atoms with Crippen LogP contribution in [0.2, 0.25) is 0 Å². The molecule has 8 heteroatoms. The molecule has 0 fully saturated rings. The van der Waals surface area contributed by atoms with Gasteiger partial charge in [-0.1, -0.05) is 48.5 Å². The lowest BCUT2D eigenvalue weighted by Gasteiger charge is -2.12. The summed E-state index contributed by atoms with van der Waals surface area (Å²) in [7, 11) is 1.66. The minimum Gasteiger partial charge on any atom is -0.478 e. The van der Waals surface area contributed by atoms with Gasteiger partial charge in [0, 0.05) is 12.5 Å². The summed E-state index contributed by atoms with van der Waals surface area (Å²) in [4.78, 5) is 0. The van der Waals surface area contributed by atoms with E-state index in [0.717, 1.165) is 35.2 Å². The van der Waals surface area contributed by atoms with Crippen molar-refractivity contribution in [1.29, 1.82) is 0 Å². The molecule has 0 bridgehead atoms. The normalized spacial score (nSPS) is 11.8. The van der Waals surface area contributed by atoms with Crippen LogP contribution in [0.4, 0.5) is 26.3 Å². The van der Waals surface area contributed by atoms with E-state index in [-0.39, 0.29) is 18.4 Å². The van der Waals surface area contributed by atoms with E-state index in [1.807, 2.05) is 36.4 Å². The first-order valence-electron chi connectivity index (χ1n) is 11.6. The van der Waals surface area contributed by atoms with Crippen LogP contribution in [0.5, 0.6) is 5.75 Å². The van der Waals surface area contributed by atoms with Gasteiger partial charge in [-0.2, -0.15) is 13.2 Å². The first kappa shape index (κ1) is 26.5. The third-order valence-electron chi connectivity index (χ3n) is 6.04. The fraction of sp³-hybridized carbons (Fsp3) is 0.241. The molecule has 0 atom stereocenters. The van der Waals surface area contributed by atoms with Gasteiger partial charge in [-0.15, -0.1) is 0 Å². The largest absolute Gasteiger partial charge is 0.478 e. The highest BCUT2D eigenvalue weighted by molar-refractivity contribution is 5.88. The topological polar surface area (TPSA) is 18.5 Å². The molecule has 0 N–H and O–H groups in total. The highest BCUT2D eigenvalue weighted by Crippen LogP contribution is 2.30. The van der Waals surface area contributed by atoms with Gasteiger partial charge in [0.25, 0.3) is 0 Å². The van der Waals surface area contributed by atoms with Crippen molar-refractivity contribution >= 4 is 10.8 Å². The Morgan fingerprint density at radius 3 is 2.03 bits per heavy atom. The highest BCUT2D eigenvalue weighted by Gasteiger charge is 2.30. The molecule has 4 rings (SSSR count). The first-order chi connectivity index (χ1) is 17.6. The van der Waals surface area contributed by atoms with Crippen LogP contribution in [0.1, 0.15) is 16.7 Å². The van der Waals surface area contributed by atoms with Crippen LogP contribution in [0, 0.1) is 17.5 Å². The maximum absolute atomic E-state index is 15.2. The summed E-state index contributed by atoms with van der Waals surface area (Å²) in [6.07, 6.45) is -3.67. The average molecular weight is 518 g/mol. The SMILES string of the molecule is COCCc1ccc(-c2ccc3c(F)c(CCc4cc(F)c(OCC(F)(F)F)c(F)c4)ccc3c2)cc1. The second-order valence-corrected chi connectivity index (χ2v) is 8.71. The summed E-state index contributed by atoms with van der Waals surface area (Å²) in [5, 5.41) is 1.14. The molecule has 194 valence electrons. The van der Waals surface area contributed by atoms with Crippen molar-refractivity contribution in [3.8, 4) is 16.9 Å². The van der Waals surface area contributed by atoms with Crippen LogP contribution < -0.4 is 4.74 Å². The number of fused-ring (bicyclic) bond motifs is 1. The number of alkyl halides is 3. The van der Waals surface area contributed by atoms with Gasteiger partial charge in [0.15, 0.2) is 24.0 Å². The molecule has 0 aliphatic carbocycles. The molecule has 37 heavy (non-hydrogen) atoms. The lowest BCUT2D eigenvalue weighted by Crippen LogP contribution is -2.20. The van der Waals surface area contributed by atoms with Gasteiger partial charge in [0.1, 0.15) is 5.82 Å². The lowest BCUT2D eigenvalue weighted by atomic mass is 9.96. The van der Waals surface area contributed by atoms with Crippen LogP contribution in [0.3, 0.4) is 0 Å². The lowest BCUT2D eigenvalue weighted by molar-refractivity contribution is -0.154. The van der Waals surface area contributed by atoms with E-state index in [1.54, 1.807) is 25.3 Å². The molecular formula is C29H24F6O2. The van der Waals surface area contributed by atoms with Crippen molar-refractivity contribution in [3.05, 3.63) is 101 Å². The molecule has 0 unspecified atom stereocenters. The Labute approximate surface area is 210 Å².